The molecule has 67 valence electrons. The van der Waals surface area contributed by atoms with Gasteiger partial charge < -0.3 is 9.73 Å². The first kappa shape index (κ1) is 9.17. The Hall–Kier alpha value is -0.920. The lowest BCUT2D eigenvalue weighted by Gasteiger charge is -2.14. The first-order valence-electron chi connectivity index (χ1n) is 4.58. The average Bonchev–Trinajstić information content (AvgIpc) is 2.56. The molecule has 0 bridgehead atoms. The van der Waals surface area contributed by atoms with E-state index in [4.69, 9.17) is 4.42 Å². The van der Waals surface area contributed by atoms with Gasteiger partial charge in [-0.2, -0.15) is 0 Å². The predicted octanol–water partition coefficient (Wildman–Crippen LogP) is 3.07. The Morgan fingerprint density at radius 3 is 2.92 bits per heavy atom. The zero-order chi connectivity index (χ0) is 8.81. The van der Waals surface area contributed by atoms with Crippen molar-refractivity contribution in [3.05, 3.63) is 18.6 Å². The molecule has 0 spiro atoms. The monoisotopic (exact) mass is 166 g/mol. The van der Waals surface area contributed by atoms with Crippen LogP contribution in [0.5, 0.6) is 0 Å². The second-order valence-electron chi connectivity index (χ2n) is 2.97. The first-order chi connectivity index (χ1) is 5.86. The Labute approximate surface area is 74.0 Å². The normalized spacial score (nSPS) is 12.8. The largest absolute Gasteiger partial charge is 0.459 e. The van der Waals surface area contributed by atoms with Gasteiger partial charge in [0.2, 0.25) is 0 Å². The number of furan rings is 1. The van der Waals surface area contributed by atoms with Gasteiger partial charge in [0.25, 0.3) is 0 Å². The summed E-state index contributed by atoms with van der Waals surface area (Å²) in [6.45, 7) is 4.39. The fourth-order valence-electron chi connectivity index (χ4n) is 1.26. The summed E-state index contributed by atoms with van der Waals surface area (Å²) in [5.74, 6) is 0. The molecule has 1 aromatic rings. The quantitative estimate of drug-likeness (QED) is 0.727. The molecule has 1 radical (unpaired) electrons. The van der Waals surface area contributed by atoms with Crippen LogP contribution >= 0.6 is 0 Å². The van der Waals surface area contributed by atoms with E-state index in [1.165, 1.54) is 12.8 Å². The van der Waals surface area contributed by atoms with E-state index in [1.807, 2.05) is 6.07 Å². The van der Waals surface area contributed by atoms with Crippen LogP contribution in [0.3, 0.4) is 0 Å². The summed E-state index contributed by atoms with van der Waals surface area (Å²) in [6.07, 6.45) is 7.98. The summed E-state index contributed by atoms with van der Waals surface area (Å²) >= 11 is 0. The van der Waals surface area contributed by atoms with Gasteiger partial charge in [-0.25, -0.2) is 0 Å². The van der Waals surface area contributed by atoms with E-state index in [9.17, 15) is 0 Å². The van der Waals surface area contributed by atoms with E-state index < -0.39 is 0 Å². The van der Waals surface area contributed by atoms with Crippen molar-refractivity contribution >= 4 is 5.69 Å². The molecule has 12 heavy (non-hydrogen) atoms. The van der Waals surface area contributed by atoms with Crippen LogP contribution in [-0.2, 0) is 0 Å². The second-order valence-corrected chi connectivity index (χ2v) is 2.97. The summed E-state index contributed by atoms with van der Waals surface area (Å²) in [6, 6.07) is 2.46. The van der Waals surface area contributed by atoms with Crippen LogP contribution in [0.25, 0.3) is 0 Å². The van der Waals surface area contributed by atoms with Gasteiger partial charge in [-0.15, -0.1) is 0 Å². The van der Waals surface area contributed by atoms with E-state index in [0.29, 0.717) is 6.04 Å². The maximum atomic E-state index is 4.85. The van der Waals surface area contributed by atoms with Crippen LogP contribution in [0.2, 0.25) is 0 Å². The minimum absolute atomic E-state index is 0.559. The second kappa shape index (κ2) is 4.86. The number of anilines is 1. The average molecular weight is 166 g/mol. The molecule has 0 fully saturated rings. The SMILES string of the molecule is CCCC(CC)Nc1[c]occ1. The van der Waals surface area contributed by atoms with Crippen LogP contribution in [-0.4, -0.2) is 6.04 Å². The first-order valence-corrected chi connectivity index (χ1v) is 4.58. The molecule has 0 aliphatic rings. The highest BCUT2D eigenvalue weighted by Gasteiger charge is 2.04. The molecular formula is C10H16NO. The topological polar surface area (TPSA) is 25.2 Å². The van der Waals surface area contributed by atoms with Crippen molar-refractivity contribution in [1.29, 1.82) is 0 Å². The van der Waals surface area contributed by atoms with Crippen molar-refractivity contribution in [3.8, 4) is 0 Å². The Morgan fingerprint density at radius 2 is 2.42 bits per heavy atom. The molecule has 0 aliphatic heterocycles. The van der Waals surface area contributed by atoms with Crippen LogP contribution in [0.1, 0.15) is 33.1 Å². The Bertz CT molecular complexity index is 194. The maximum Gasteiger partial charge on any atom is 0.194 e. The molecule has 1 unspecified atom stereocenters. The van der Waals surface area contributed by atoms with E-state index in [0.717, 1.165) is 12.1 Å². The molecule has 0 saturated heterocycles. The van der Waals surface area contributed by atoms with Gasteiger partial charge in [-0.1, -0.05) is 20.3 Å². The van der Waals surface area contributed by atoms with E-state index in [-0.39, 0.29) is 0 Å². The van der Waals surface area contributed by atoms with E-state index >= 15 is 0 Å². The maximum absolute atomic E-state index is 4.85. The highest BCUT2D eigenvalue weighted by molar-refractivity contribution is 5.38. The summed E-state index contributed by atoms with van der Waals surface area (Å²) in [5.41, 5.74) is 0.968. The number of hydrogen-bond acceptors (Lipinski definition) is 2. The number of hydrogen-bond donors (Lipinski definition) is 1. The molecule has 0 aromatic carbocycles. The summed E-state index contributed by atoms with van der Waals surface area (Å²) in [4.78, 5) is 0. The van der Waals surface area contributed by atoms with Crippen molar-refractivity contribution in [3.63, 3.8) is 0 Å². The standard InChI is InChI=1S/C10H16NO/c1-3-5-9(4-2)11-10-6-7-12-8-10/h6-7,9,11H,3-5H2,1-2H3. The molecule has 0 amide bonds. The molecule has 1 aromatic heterocycles. The van der Waals surface area contributed by atoms with Crippen LogP contribution in [0.4, 0.5) is 5.69 Å². The third-order valence-electron chi connectivity index (χ3n) is 1.96. The Balaban J connectivity index is 2.37. The zero-order valence-electron chi connectivity index (χ0n) is 7.76. The third-order valence-corrected chi connectivity index (χ3v) is 1.96. The lowest BCUT2D eigenvalue weighted by molar-refractivity contribution is 0.556. The summed E-state index contributed by atoms with van der Waals surface area (Å²) < 4.78 is 4.85. The van der Waals surface area contributed by atoms with Crippen molar-refractivity contribution in [2.45, 2.75) is 39.2 Å². The summed E-state index contributed by atoms with van der Waals surface area (Å²) in [5, 5.41) is 3.36. The van der Waals surface area contributed by atoms with Gasteiger partial charge >= 0.3 is 0 Å². The fourth-order valence-corrected chi connectivity index (χ4v) is 1.26. The van der Waals surface area contributed by atoms with E-state index in [1.54, 1.807) is 6.26 Å². The number of nitrogens with one attached hydrogen (secondary N) is 1. The Morgan fingerprint density at radius 1 is 1.58 bits per heavy atom. The van der Waals surface area contributed by atoms with Crippen LogP contribution in [0.15, 0.2) is 16.7 Å². The third kappa shape index (κ3) is 2.61. The smallest absolute Gasteiger partial charge is 0.194 e. The van der Waals surface area contributed by atoms with Crippen LogP contribution in [0, 0.1) is 6.26 Å². The highest BCUT2D eigenvalue weighted by atomic mass is 16.3. The van der Waals surface area contributed by atoms with Gasteiger partial charge in [-0.3, -0.25) is 0 Å². The molecule has 0 aliphatic carbocycles. The molecular weight excluding hydrogens is 150 g/mol. The molecule has 2 nitrogen and oxygen atoms in total. The van der Waals surface area contributed by atoms with Crippen molar-refractivity contribution in [1.82, 2.24) is 0 Å². The van der Waals surface area contributed by atoms with Gasteiger partial charge in [0.15, 0.2) is 6.26 Å². The molecule has 1 N–H and O–H groups in total. The van der Waals surface area contributed by atoms with Gasteiger partial charge in [0.05, 0.1) is 12.0 Å². The number of rotatable bonds is 5. The molecule has 1 heterocycles. The molecule has 1 atom stereocenters. The minimum Gasteiger partial charge on any atom is -0.459 e. The lowest BCUT2D eigenvalue weighted by Crippen LogP contribution is -2.17. The van der Waals surface area contributed by atoms with Gasteiger partial charge in [-0.05, 0) is 12.8 Å². The Kier molecular flexibility index (Phi) is 3.71. The fraction of sp³-hybridized carbons (Fsp3) is 0.600. The lowest BCUT2D eigenvalue weighted by atomic mass is 10.1. The molecule has 2 heteroatoms. The predicted molar refractivity (Wildman–Crippen MR) is 50.2 cm³/mol. The van der Waals surface area contributed by atoms with Gasteiger partial charge in [0, 0.05) is 12.1 Å². The van der Waals surface area contributed by atoms with Crippen LogP contribution < -0.4 is 5.32 Å². The van der Waals surface area contributed by atoms with Crippen molar-refractivity contribution in [2.75, 3.05) is 5.32 Å². The highest BCUT2D eigenvalue weighted by Crippen LogP contribution is 2.12. The zero-order valence-corrected chi connectivity index (χ0v) is 7.76. The van der Waals surface area contributed by atoms with E-state index in [2.05, 4.69) is 25.4 Å². The van der Waals surface area contributed by atoms with Crippen molar-refractivity contribution < 1.29 is 4.42 Å². The minimum atomic E-state index is 0.559. The van der Waals surface area contributed by atoms with Gasteiger partial charge in [0.1, 0.15) is 0 Å². The summed E-state index contributed by atoms with van der Waals surface area (Å²) in [7, 11) is 0. The van der Waals surface area contributed by atoms with Crippen molar-refractivity contribution in [2.24, 2.45) is 0 Å². The molecule has 0 saturated carbocycles. The molecule has 1 rings (SSSR count).